The Morgan fingerprint density at radius 2 is 2.00 bits per heavy atom. The smallest absolute Gasteiger partial charge is 0.0732 e. The van der Waals surface area contributed by atoms with Crippen LogP contribution in [0.3, 0.4) is 0 Å². The van der Waals surface area contributed by atoms with E-state index in [1.54, 1.807) is 6.08 Å². The highest BCUT2D eigenvalue weighted by molar-refractivity contribution is 9.10. The first-order chi connectivity index (χ1) is 6.00. The minimum Gasteiger partial charge on any atom is -0.291 e. The van der Waals surface area contributed by atoms with Gasteiger partial charge in [-0.3, -0.25) is 9.11 Å². The average molecular weight is 261 g/mol. The van der Waals surface area contributed by atoms with Gasteiger partial charge in [0.05, 0.1) is 4.90 Å². The minimum atomic E-state index is -2.65. The summed E-state index contributed by atoms with van der Waals surface area (Å²) in [4.78, 5) is 0.663. The summed E-state index contributed by atoms with van der Waals surface area (Å²) in [6.45, 7) is 1.88. The van der Waals surface area contributed by atoms with Crippen LogP contribution in [0.25, 0.3) is 6.08 Å². The third kappa shape index (κ3) is 1.44. The molecule has 1 aromatic rings. The molecule has 0 atom stereocenters. The van der Waals surface area contributed by atoms with Gasteiger partial charge in [0.15, 0.2) is 0 Å². The topological polar surface area (TPSA) is 40.5 Å². The van der Waals surface area contributed by atoms with Crippen molar-refractivity contribution in [3.05, 3.63) is 33.1 Å². The van der Waals surface area contributed by atoms with Crippen molar-refractivity contribution in [3.8, 4) is 0 Å². The maximum atomic E-state index is 9.66. The van der Waals surface area contributed by atoms with Gasteiger partial charge in [-0.2, -0.15) is 0 Å². The molecule has 0 spiro atoms. The molecule has 1 aliphatic heterocycles. The summed E-state index contributed by atoms with van der Waals surface area (Å²) >= 11 is 3.37. The lowest BCUT2D eigenvalue weighted by molar-refractivity contribution is 0.500. The van der Waals surface area contributed by atoms with E-state index in [2.05, 4.69) is 15.9 Å². The number of halogens is 1. The van der Waals surface area contributed by atoms with E-state index in [1.807, 2.05) is 19.1 Å². The van der Waals surface area contributed by atoms with E-state index in [1.165, 1.54) is 5.41 Å². The highest BCUT2D eigenvalue weighted by Gasteiger charge is 2.23. The molecular formula is C9H9BrO2S. The van der Waals surface area contributed by atoms with E-state index in [0.29, 0.717) is 4.90 Å². The van der Waals surface area contributed by atoms with Crippen LogP contribution in [-0.4, -0.2) is 9.11 Å². The van der Waals surface area contributed by atoms with Crippen molar-refractivity contribution in [2.24, 2.45) is 0 Å². The molecule has 0 unspecified atom stereocenters. The first-order valence-electron chi connectivity index (χ1n) is 3.77. The summed E-state index contributed by atoms with van der Waals surface area (Å²) in [7, 11) is -2.65. The van der Waals surface area contributed by atoms with Gasteiger partial charge in [0.1, 0.15) is 0 Å². The standard InChI is InChI=1S/C9H9BrO2S/c1-6-4-8(10)5-7-2-3-13(11,12)9(6)7/h2-5,11-12H,1H3. The van der Waals surface area contributed by atoms with Gasteiger partial charge in [-0.15, -0.1) is 10.6 Å². The Morgan fingerprint density at radius 3 is 2.69 bits per heavy atom. The van der Waals surface area contributed by atoms with Crippen LogP contribution in [0.1, 0.15) is 11.1 Å². The second-order valence-corrected chi connectivity index (χ2v) is 5.82. The second-order valence-electron chi connectivity index (χ2n) is 3.04. The van der Waals surface area contributed by atoms with Gasteiger partial charge in [0.2, 0.25) is 0 Å². The molecule has 0 radical (unpaired) electrons. The highest BCUT2D eigenvalue weighted by atomic mass is 79.9. The predicted molar refractivity (Wildman–Crippen MR) is 59.0 cm³/mol. The molecule has 0 saturated heterocycles. The first-order valence-corrected chi connectivity index (χ1v) is 6.17. The molecule has 0 amide bonds. The molecule has 1 aromatic carbocycles. The largest absolute Gasteiger partial charge is 0.291 e. The van der Waals surface area contributed by atoms with Crippen LogP contribution in [0.15, 0.2) is 26.9 Å². The van der Waals surface area contributed by atoms with Crippen molar-refractivity contribution in [1.29, 1.82) is 0 Å². The first kappa shape index (κ1) is 9.27. The molecular weight excluding hydrogens is 252 g/mol. The Morgan fingerprint density at radius 1 is 1.31 bits per heavy atom. The zero-order valence-corrected chi connectivity index (χ0v) is 9.39. The number of hydrogen-bond acceptors (Lipinski definition) is 2. The molecule has 1 aliphatic rings. The molecule has 0 fully saturated rings. The summed E-state index contributed by atoms with van der Waals surface area (Å²) in [6, 6.07) is 3.78. The molecule has 0 bridgehead atoms. The molecule has 13 heavy (non-hydrogen) atoms. The van der Waals surface area contributed by atoms with Crippen molar-refractivity contribution in [2.75, 3.05) is 0 Å². The normalized spacial score (nSPS) is 20.0. The van der Waals surface area contributed by atoms with E-state index in [4.69, 9.17) is 0 Å². The number of benzene rings is 1. The Bertz CT molecular complexity index is 399. The summed E-state index contributed by atoms with van der Waals surface area (Å²) in [5.74, 6) is 0. The van der Waals surface area contributed by atoms with Crippen molar-refractivity contribution in [2.45, 2.75) is 11.8 Å². The third-order valence-corrected chi connectivity index (χ3v) is 4.14. The molecule has 0 aliphatic carbocycles. The van der Waals surface area contributed by atoms with E-state index < -0.39 is 10.6 Å². The fraction of sp³-hybridized carbons (Fsp3) is 0.111. The predicted octanol–water partition coefficient (Wildman–Crippen LogP) is 3.85. The Hall–Kier alpha value is -0.290. The van der Waals surface area contributed by atoms with Crippen molar-refractivity contribution >= 4 is 32.6 Å². The minimum absolute atomic E-state index is 0.663. The molecule has 2 rings (SSSR count). The van der Waals surface area contributed by atoms with Gasteiger partial charge >= 0.3 is 0 Å². The number of aryl methyl sites for hydroxylation is 1. The number of rotatable bonds is 0. The summed E-state index contributed by atoms with van der Waals surface area (Å²) in [6.07, 6.45) is 1.75. The average Bonchev–Trinajstić information content (AvgIpc) is 2.26. The molecule has 0 aromatic heterocycles. The van der Waals surface area contributed by atoms with Gasteiger partial charge in [0, 0.05) is 15.4 Å². The summed E-state index contributed by atoms with van der Waals surface area (Å²) < 4.78 is 20.3. The molecule has 1 heterocycles. The van der Waals surface area contributed by atoms with Gasteiger partial charge < -0.3 is 0 Å². The Balaban J connectivity index is 2.71. The fourth-order valence-corrected chi connectivity index (χ4v) is 3.60. The van der Waals surface area contributed by atoms with Gasteiger partial charge in [-0.25, -0.2) is 0 Å². The van der Waals surface area contributed by atoms with Crippen LogP contribution in [0.4, 0.5) is 0 Å². The van der Waals surface area contributed by atoms with E-state index in [9.17, 15) is 9.11 Å². The van der Waals surface area contributed by atoms with Crippen LogP contribution >= 0.6 is 26.5 Å². The quantitative estimate of drug-likeness (QED) is 0.744. The van der Waals surface area contributed by atoms with E-state index >= 15 is 0 Å². The molecule has 2 nitrogen and oxygen atoms in total. The molecule has 0 saturated carbocycles. The summed E-state index contributed by atoms with van der Waals surface area (Å²) in [5.41, 5.74) is 1.81. The van der Waals surface area contributed by atoms with Crippen molar-refractivity contribution < 1.29 is 9.11 Å². The van der Waals surface area contributed by atoms with Crippen LogP contribution < -0.4 is 0 Å². The maximum Gasteiger partial charge on any atom is 0.0732 e. The highest BCUT2D eigenvalue weighted by Crippen LogP contribution is 2.57. The van der Waals surface area contributed by atoms with Crippen LogP contribution in [0.5, 0.6) is 0 Å². The van der Waals surface area contributed by atoms with Crippen LogP contribution in [0.2, 0.25) is 0 Å². The lowest BCUT2D eigenvalue weighted by atomic mass is 10.1. The van der Waals surface area contributed by atoms with Crippen molar-refractivity contribution in [3.63, 3.8) is 0 Å². The molecule has 70 valence electrons. The van der Waals surface area contributed by atoms with Gasteiger partial charge in [0.25, 0.3) is 0 Å². The maximum absolute atomic E-state index is 9.66. The second kappa shape index (κ2) is 2.85. The van der Waals surface area contributed by atoms with E-state index in [-0.39, 0.29) is 0 Å². The fourth-order valence-electron chi connectivity index (χ4n) is 1.53. The molecule has 2 N–H and O–H groups in total. The zero-order valence-electron chi connectivity index (χ0n) is 6.99. The zero-order chi connectivity index (χ0) is 9.64. The number of fused-ring (bicyclic) bond motifs is 1. The monoisotopic (exact) mass is 260 g/mol. The van der Waals surface area contributed by atoms with Gasteiger partial charge in [-0.05, 0) is 30.7 Å². The number of hydrogen-bond donors (Lipinski definition) is 2. The van der Waals surface area contributed by atoms with Crippen LogP contribution in [0, 0.1) is 6.92 Å². The Kier molecular flexibility index (Phi) is 2.03. The SMILES string of the molecule is Cc1cc(Br)cc2c1S(O)(O)C=C2. The third-order valence-electron chi connectivity index (χ3n) is 2.01. The lowest BCUT2D eigenvalue weighted by Gasteiger charge is -2.27. The summed E-state index contributed by atoms with van der Waals surface area (Å²) in [5, 5.41) is 1.47. The molecule has 4 heteroatoms. The lowest BCUT2D eigenvalue weighted by Crippen LogP contribution is -1.95. The Labute approximate surface area is 86.8 Å². The van der Waals surface area contributed by atoms with Gasteiger partial charge in [-0.1, -0.05) is 15.9 Å². The van der Waals surface area contributed by atoms with Crippen molar-refractivity contribution in [1.82, 2.24) is 0 Å². The van der Waals surface area contributed by atoms with Crippen LogP contribution in [-0.2, 0) is 0 Å². The van der Waals surface area contributed by atoms with E-state index in [0.717, 1.165) is 15.6 Å².